The molecule has 0 unspecified atom stereocenters. The number of imidazole rings is 1. The Morgan fingerprint density at radius 1 is 1.47 bits per heavy atom. The summed E-state index contributed by atoms with van der Waals surface area (Å²) in [6.45, 7) is 0.630. The van der Waals surface area contributed by atoms with Crippen LogP contribution in [0.1, 0.15) is 11.4 Å². The molecule has 0 atom stereocenters. The van der Waals surface area contributed by atoms with E-state index in [1.54, 1.807) is 12.3 Å². The number of halogens is 1. The molecule has 0 amide bonds. The molecule has 4 nitrogen and oxygen atoms in total. The van der Waals surface area contributed by atoms with Crippen molar-refractivity contribution in [2.75, 3.05) is 5.32 Å². The number of nitrogens with zero attached hydrogens (tertiary/aromatic N) is 3. The van der Waals surface area contributed by atoms with Crippen LogP contribution in [-0.2, 0) is 13.6 Å². The second kappa shape index (κ2) is 5.02. The third-order valence-corrected chi connectivity index (χ3v) is 2.86. The molecule has 5 heteroatoms. The third-order valence-electron chi connectivity index (χ3n) is 2.40. The summed E-state index contributed by atoms with van der Waals surface area (Å²) in [6.07, 6.45) is 3.66. The number of rotatable bonds is 3. The molecule has 2 rings (SSSR count). The van der Waals surface area contributed by atoms with E-state index in [0.717, 1.165) is 16.0 Å². The minimum atomic E-state index is 0.627. The number of nitrogens with one attached hydrogen (secondary N) is 1. The topological polar surface area (TPSA) is 53.6 Å². The quantitative estimate of drug-likeness (QED) is 0.946. The van der Waals surface area contributed by atoms with Gasteiger partial charge >= 0.3 is 0 Å². The summed E-state index contributed by atoms with van der Waals surface area (Å²) in [6, 6.07) is 7.65. The van der Waals surface area contributed by atoms with Gasteiger partial charge in [-0.25, -0.2) is 4.98 Å². The predicted molar refractivity (Wildman–Crippen MR) is 69.4 cm³/mol. The third kappa shape index (κ3) is 2.86. The van der Waals surface area contributed by atoms with Crippen LogP contribution in [0.15, 0.2) is 35.1 Å². The second-order valence-corrected chi connectivity index (χ2v) is 4.56. The molecule has 1 aromatic heterocycles. The van der Waals surface area contributed by atoms with E-state index in [4.69, 9.17) is 5.26 Å². The lowest BCUT2D eigenvalue weighted by atomic mass is 10.2. The Kier molecular flexibility index (Phi) is 3.45. The zero-order valence-electron chi connectivity index (χ0n) is 9.31. The van der Waals surface area contributed by atoms with Crippen molar-refractivity contribution < 1.29 is 0 Å². The molecule has 2 aromatic rings. The van der Waals surface area contributed by atoms with E-state index in [-0.39, 0.29) is 0 Å². The second-order valence-electron chi connectivity index (χ2n) is 3.65. The number of benzene rings is 1. The van der Waals surface area contributed by atoms with Crippen LogP contribution in [0.4, 0.5) is 5.69 Å². The Balaban J connectivity index is 2.12. The minimum absolute atomic E-state index is 0.627. The predicted octanol–water partition coefficient (Wildman–Crippen LogP) is 2.67. The Morgan fingerprint density at radius 2 is 2.29 bits per heavy atom. The molecule has 0 fully saturated rings. The van der Waals surface area contributed by atoms with E-state index in [1.165, 1.54) is 0 Å². The highest BCUT2D eigenvalue weighted by atomic mass is 79.9. The standard InChI is InChI=1S/C12H11BrN4/c1-17-3-2-15-12(17)8-16-11-5-9(7-14)4-10(13)6-11/h2-6,16H,8H2,1H3. The van der Waals surface area contributed by atoms with Crippen molar-refractivity contribution in [3.63, 3.8) is 0 Å². The molecule has 0 bridgehead atoms. The van der Waals surface area contributed by atoms with Crippen LogP contribution in [-0.4, -0.2) is 9.55 Å². The lowest BCUT2D eigenvalue weighted by Gasteiger charge is -2.07. The van der Waals surface area contributed by atoms with Gasteiger partial charge in [-0.15, -0.1) is 0 Å². The van der Waals surface area contributed by atoms with Crippen LogP contribution in [0.25, 0.3) is 0 Å². The fraction of sp³-hybridized carbons (Fsp3) is 0.167. The molecular weight excluding hydrogens is 280 g/mol. The van der Waals surface area contributed by atoms with Gasteiger partial charge in [0.25, 0.3) is 0 Å². The van der Waals surface area contributed by atoms with Gasteiger partial charge in [-0.05, 0) is 18.2 Å². The average Bonchev–Trinajstić information content (AvgIpc) is 2.71. The van der Waals surface area contributed by atoms with Crippen LogP contribution in [0, 0.1) is 11.3 Å². The molecule has 1 N–H and O–H groups in total. The summed E-state index contributed by atoms with van der Waals surface area (Å²) in [5, 5.41) is 12.1. The maximum atomic E-state index is 8.87. The fourth-order valence-electron chi connectivity index (χ4n) is 1.50. The number of anilines is 1. The van der Waals surface area contributed by atoms with Crippen LogP contribution in [0.5, 0.6) is 0 Å². The molecule has 17 heavy (non-hydrogen) atoms. The normalized spacial score (nSPS) is 9.94. The SMILES string of the molecule is Cn1ccnc1CNc1cc(Br)cc(C#N)c1. The first kappa shape index (κ1) is 11.7. The van der Waals surface area contributed by atoms with E-state index in [9.17, 15) is 0 Å². The van der Waals surface area contributed by atoms with E-state index in [1.807, 2.05) is 29.9 Å². The highest BCUT2D eigenvalue weighted by Gasteiger charge is 2.01. The monoisotopic (exact) mass is 290 g/mol. The minimum Gasteiger partial charge on any atom is -0.378 e. The summed E-state index contributed by atoms with van der Waals surface area (Å²) < 4.78 is 2.84. The molecular formula is C12H11BrN4. The van der Waals surface area contributed by atoms with Gasteiger partial charge in [0.15, 0.2) is 0 Å². The molecule has 0 radical (unpaired) electrons. The Hall–Kier alpha value is -1.80. The molecule has 0 saturated carbocycles. The van der Waals surface area contributed by atoms with Crippen LogP contribution < -0.4 is 5.32 Å². The van der Waals surface area contributed by atoms with E-state index >= 15 is 0 Å². The zero-order valence-corrected chi connectivity index (χ0v) is 10.9. The summed E-state index contributed by atoms with van der Waals surface area (Å²) in [5.41, 5.74) is 1.53. The van der Waals surface area contributed by atoms with Gasteiger partial charge in [0.1, 0.15) is 5.82 Å². The molecule has 0 saturated heterocycles. The molecule has 0 aliphatic rings. The number of aryl methyl sites for hydroxylation is 1. The summed E-state index contributed by atoms with van der Waals surface area (Å²) in [4.78, 5) is 4.22. The number of nitriles is 1. The van der Waals surface area contributed by atoms with Crippen LogP contribution >= 0.6 is 15.9 Å². The van der Waals surface area contributed by atoms with E-state index in [2.05, 4.69) is 32.3 Å². The fourth-order valence-corrected chi connectivity index (χ4v) is 2.00. The largest absolute Gasteiger partial charge is 0.378 e. The van der Waals surface area contributed by atoms with E-state index in [0.29, 0.717) is 12.1 Å². The summed E-state index contributed by atoms with van der Waals surface area (Å²) in [7, 11) is 1.95. The first-order chi connectivity index (χ1) is 8.19. The lowest BCUT2D eigenvalue weighted by Crippen LogP contribution is -2.05. The number of hydrogen-bond acceptors (Lipinski definition) is 3. The van der Waals surface area contributed by atoms with Crippen molar-refractivity contribution in [3.8, 4) is 6.07 Å². The van der Waals surface area contributed by atoms with Crippen molar-refractivity contribution in [3.05, 3.63) is 46.5 Å². The van der Waals surface area contributed by atoms with Crippen LogP contribution in [0.3, 0.4) is 0 Å². The van der Waals surface area contributed by atoms with Crippen molar-refractivity contribution >= 4 is 21.6 Å². The Morgan fingerprint density at radius 3 is 2.94 bits per heavy atom. The maximum Gasteiger partial charge on any atom is 0.127 e. The van der Waals surface area contributed by atoms with Crippen molar-refractivity contribution in [1.29, 1.82) is 5.26 Å². The van der Waals surface area contributed by atoms with Gasteiger partial charge in [-0.3, -0.25) is 0 Å². The molecule has 1 aromatic carbocycles. The lowest BCUT2D eigenvalue weighted by molar-refractivity contribution is 0.813. The van der Waals surface area contributed by atoms with Crippen molar-refractivity contribution in [1.82, 2.24) is 9.55 Å². The number of aromatic nitrogens is 2. The molecule has 1 heterocycles. The average molecular weight is 291 g/mol. The molecule has 0 aliphatic carbocycles. The number of hydrogen-bond donors (Lipinski definition) is 1. The van der Waals surface area contributed by atoms with Gasteiger partial charge in [-0.1, -0.05) is 15.9 Å². The van der Waals surface area contributed by atoms with Crippen molar-refractivity contribution in [2.45, 2.75) is 6.54 Å². The van der Waals surface area contributed by atoms with Crippen molar-refractivity contribution in [2.24, 2.45) is 7.05 Å². The Bertz CT molecular complexity index is 568. The van der Waals surface area contributed by atoms with Gasteiger partial charge < -0.3 is 9.88 Å². The Labute approximate surface area is 108 Å². The van der Waals surface area contributed by atoms with Gasteiger partial charge in [0.05, 0.1) is 18.2 Å². The summed E-state index contributed by atoms with van der Waals surface area (Å²) >= 11 is 3.38. The van der Waals surface area contributed by atoms with Crippen LogP contribution in [0.2, 0.25) is 0 Å². The summed E-state index contributed by atoms with van der Waals surface area (Å²) in [5.74, 6) is 0.948. The first-order valence-corrected chi connectivity index (χ1v) is 5.89. The zero-order chi connectivity index (χ0) is 12.3. The first-order valence-electron chi connectivity index (χ1n) is 5.10. The van der Waals surface area contributed by atoms with Gasteiger partial charge in [0.2, 0.25) is 0 Å². The highest BCUT2D eigenvalue weighted by Crippen LogP contribution is 2.19. The maximum absolute atomic E-state index is 8.87. The molecule has 0 spiro atoms. The van der Waals surface area contributed by atoms with E-state index < -0.39 is 0 Å². The highest BCUT2D eigenvalue weighted by molar-refractivity contribution is 9.10. The van der Waals surface area contributed by atoms with Gasteiger partial charge in [-0.2, -0.15) is 5.26 Å². The molecule has 0 aliphatic heterocycles. The molecule has 86 valence electrons. The van der Waals surface area contributed by atoms with Gasteiger partial charge in [0, 0.05) is 29.6 Å². The smallest absolute Gasteiger partial charge is 0.127 e.